The molecule has 0 aliphatic rings. The predicted octanol–water partition coefficient (Wildman–Crippen LogP) is 1.30. The lowest BCUT2D eigenvalue weighted by molar-refractivity contribution is 0.0937. The van der Waals surface area contributed by atoms with Crippen LogP contribution in [0.1, 0.15) is 10.4 Å². The van der Waals surface area contributed by atoms with E-state index in [-0.39, 0.29) is 5.91 Å². The van der Waals surface area contributed by atoms with Gasteiger partial charge in [0.2, 0.25) is 0 Å². The van der Waals surface area contributed by atoms with Crippen molar-refractivity contribution < 1.29 is 9.53 Å². The average molecular weight is 229 g/mol. The molecule has 0 fully saturated rings. The third-order valence-electron chi connectivity index (χ3n) is 1.83. The number of rotatable bonds is 4. The standard InChI is InChI=1S/C10H13ClN2O2/c1-15-5-4-13-10(14)8-3-2-7(12)6-9(8)11/h2-3,6H,4-5,12H2,1H3,(H,13,14). The van der Waals surface area contributed by atoms with Crippen molar-refractivity contribution in [3.8, 4) is 0 Å². The minimum absolute atomic E-state index is 0.225. The van der Waals surface area contributed by atoms with Crippen molar-refractivity contribution >= 4 is 23.2 Å². The van der Waals surface area contributed by atoms with Crippen LogP contribution < -0.4 is 11.1 Å². The largest absolute Gasteiger partial charge is 0.399 e. The molecule has 3 N–H and O–H groups in total. The lowest BCUT2D eigenvalue weighted by atomic mass is 10.2. The molecule has 15 heavy (non-hydrogen) atoms. The van der Waals surface area contributed by atoms with Crippen molar-refractivity contribution in [1.82, 2.24) is 5.32 Å². The summed E-state index contributed by atoms with van der Waals surface area (Å²) in [6.45, 7) is 0.925. The monoisotopic (exact) mass is 228 g/mol. The Bertz CT molecular complexity index is 355. The molecule has 0 spiro atoms. The molecule has 1 aromatic carbocycles. The molecule has 0 heterocycles. The number of benzene rings is 1. The van der Waals surface area contributed by atoms with Crippen LogP contribution in [0.15, 0.2) is 18.2 Å². The Morgan fingerprint density at radius 1 is 1.60 bits per heavy atom. The molecule has 0 saturated carbocycles. The van der Waals surface area contributed by atoms with Gasteiger partial charge in [0.1, 0.15) is 0 Å². The lowest BCUT2D eigenvalue weighted by Gasteiger charge is -2.06. The number of carbonyl (C=O) groups is 1. The second kappa shape index (κ2) is 5.58. The lowest BCUT2D eigenvalue weighted by Crippen LogP contribution is -2.27. The van der Waals surface area contributed by atoms with Crippen LogP contribution in [0.4, 0.5) is 5.69 Å². The van der Waals surface area contributed by atoms with Crippen molar-refractivity contribution in [2.45, 2.75) is 0 Å². The summed E-state index contributed by atoms with van der Waals surface area (Å²) in [5.74, 6) is -0.225. The van der Waals surface area contributed by atoms with Crippen LogP contribution in [-0.2, 0) is 4.74 Å². The number of amides is 1. The van der Waals surface area contributed by atoms with E-state index < -0.39 is 0 Å². The van der Waals surface area contributed by atoms with Gasteiger partial charge in [0.05, 0.1) is 17.2 Å². The Kier molecular flexibility index (Phi) is 4.39. The van der Waals surface area contributed by atoms with E-state index in [0.29, 0.717) is 29.4 Å². The van der Waals surface area contributed by atoms with Crippen LogP contribution in [0.5, 0.6) is 0 Å². The highest BCUT2D eigenvalue weighted by Crippen LogP contribution is 2.18. The van der Waals surface area contributed by atoms with Gasteiger partial charge in [0.15, 0.2) is 0 Å². The van der Waals surface area contributed by atoms with Gasteiger partial charge in [-0.1, -0.05) is 11.6 Å². The number of halogens is 1. The zero-order valence-corrected chi connectivity index (χ0v) is 9.17. The quantitative estimate of drug-likeness (QED) is 0.603. The molecule has 1 amide bonds. The summed E-state index contributed by atoms with van der Waals surface area (Å²) in [4.78, 5) is 11.6. The number of hydrogen-bond acceptors (Lipinski definition) is 3. The highest BCUT2D eigenvalue weighted by molar-refractivity contribution is 6.34. The summed E-state index contributed by atoms with van der Waals surface area (Å²) in [5, 5.41) is 3.02. The van der Waals surface area contributed by atoms with Crippen LogP contribution in [0.3, 0.4) is 0 Å². The normalized spacial score (nSPS) is 10.0. The molecule has 1 rings (SSSR count). The number of methoxy groups -OCH3 is 1. The Morgan fingerprint density at radius 3 is 2.93 bits per heavy atom. The number of nitrogen functional groups attached to an aromatic ring is 1. The zero-order valence-electron chi connectivity index (χ0n) is 8.42. The Labute approximate surface area is 93.4 Å². The fourth-order valence-corrected chi connectivity index (χ4v) is 1.35. The Balaban J connectivity index is 2.65. The molecule has 0 saturated heterocycles. The van der Waals surface area contributed by atoms with Crippen molar-refractivity contribution in [3.05, 3.63) is 28.8 Å². The number of nitrogens with one attached hydrogen (secondary N) is 1. The third-order valence-corrected chi connectivity index (χ3v) is 2.14. The predicted molar refractivity (Wildman–Crippen MR) is 60.1 cm³/mol. The summed E-state index contributed by atoms with van der Waals surface area (Å²) in [5.41, 5.74) is 6.47. The van der Waals surface area contributed by atoms with Crippen LogP contribution in [0, 0.1) is 0 Å². The number of hydrogen-bond donors (Lipinski definition) is 2. The molecule has 0 unspecified atom stereocenters. The Hall–Kier alpha value is -1.26. The molecule has 1 aromatic rings. The molecule has 0 aromatic heterocycles. The van der Waals surface area contributed by atoms with Gasteiger partial charge < -0.3 is 15.8 Å². The maximum absolute atomic E-state index is 11.6. The van der Waals surface area contributed by atoms with E-state index in [9.17, 15) is 4.79 Å². The molecule has 0 radical (unpaired) electrons. The van der Waals surface area contributed by atoms with E-state index in [1.165, 1.54) is 0 Å². The maximum atomic E-state index is 11.6. The molecule has 0 aliphatic carbocycles. The highest BCUT2D eigenvalue weighted by Gasteiger charge is 2.09. The van der Waals surface area contributed by atoms with Crippen LogP contribution in [0.25, 0.3) is 0 Å². The van der Waals surface area contributed by atoms with Gasteiger partial charge in [-0.2, -0.15) is 0 Å². The van der Waals surface area contributed by atoms with E-state index in [1.807, 2.05) is 0 Å². The summed E-state index contributed by atoms with van der Waals surface area (Å²) in [7, 11) is 1.57. The van der Waals surface area contributed by atoms with Gasteiger partial charge in [-0.25, -0.2) is 0 Å². The first-order valence-electron chi connectivity index (χ1n) is 4.47. The van der Waals surface area contributed by atoms with Crippen LogP contribution in [0.2, 0.25) is 5.02 Å². The van der Waals surface area contributed by atoms with E-state index in [0.717, 1.165) is 0 Å². The van der Waals surface area contributed by atoms with E-state index in [2.05, 4.69) is 5.32 Å². The van der Waals surface area contributed by atoms with Crippen molar-refractivity contribution in [2.24, 2.45) is 0 Å². The van der Waals surface area contributed by atoms with Crippen molar-refractivity contribution in [1.29, 1.82) is 0 Å². The van der Waals surface area contributed by atoms with Crippen LogP contribution >= 0.6 is 11.6 Å². The number of ether oxygens (including phenoxy) is 1. The second-order valence-electron chi connectivity index (χ2n) is 2.99. The summed E-state index contributed by atoms with van der Waals surface area (Å²) >= 11 is 5.87. The van der Waals surface area contributed by atoms with Gasteiger partial charge in [0.25, 0.3) is 5.91 Å². The fourth-order valence-electron chi connectivity index (χ4n) is 1.08. The smallest absolute Gasteiger partial charge is 0.252 e. The van der Waals surface area contributed by atoms with Gasteiger partial charge in [-0.3, -0.25) is 4.79 Å². The number of nitrogens with two attached hydrogens (primary N) is 1. The Morgan fingerprint density at radius 2 is 2.33 bits per heavy atom. The highest BCUT2D eigenvalue weighted by atomic mass is 35.5. The van der Waals surface area contributed by atoms with E-state index in [4.69, 9.17) is 22.1 Å². The summed E-state index contributed by atoms with van der Waals surface area (Å²) < 4.78 is 4.81. The third kappa shape index (κ3) is 3.42. The number of anilines is 1. The fraction of sp³-hybridized carbons (Fsp3) is 0.300. The van der Waals surface area contributed by atoms with Gasteiger partial charge in [0, 0.05) is 19.3 Å². The molecule has 0 bridgehead atoms. The molecule has 82 valence electrons. The van der Waals surface area contributed by atoms with Gasteiger partial charge in [-0.05, 0) is 18.2 Å². The second-order valence-corrected chi connectivity index (χ2v) is 3.40. The first-order chi connectivity index (χ1) is 7.15. The molecular weight excluding hydrogens is 216 g/mol. The van der Waals surface area contributed by atoms with Crippen molar-refractivity contribution in [2.75, 3.05) is 26.0 Å². The molecule has 0 atom stereocenters. The molecule has 4 nitrogen and oxygen atoms in total. The first-order valence-corrected chi connectivity index (χ1v) is 4.85. The molecule has 5 heteroatoms. The van der Waals surface area contributed by atoms with E-state index >= 15 is 0 Å². The summed E-state index contributed by atoms with van der Waals surface area (Å²) in [6, 6.07) is 4.78. The summed E-state index contributed by atoms with van der Waals surface area (Å²) in [6.07, 6.45) is 0. The van der Waals surface area contributed by atoms with Crippen LogP contribution in [-0.4, -0.2) is 26.2 Å². The number of carbonyl (C=O) groups excluding carboxylic acids is 1. The molecular formula is C10H13ClN2O2. The van der Waals surface area contributed by atoms with Crippen molar-refractivity contribution in [3.63, 3.8) is 0 Å². The minimum Gasteiger partial charge on any atom is -0.399 e. The topological polar surface area (TPSA) is 64.3 Å². The van der Waals surface area contributed by atoms with Gasteiger partial charge in [-0.15, -0.1) is 0 Å². The zero-order chi connectivity index (χ0) is 11.3. The van der Waals surface area contributed by atoms with E-state index in [1.54, 1.807) is 25.3 Å². The first kappa shape index (κ1) is 11.8. The SMILES string of the molecule is COCCNC(=O)c1ccc(N)cc1Cl. The average Bonchev–Trinajstić information content (AvgIpc) is 2.17. The maximum Gasteiger partial charge on any atom is 0.252 e. The molecule has 0 aliphatic heterocycles. The van der Waals surface area contributed by atoms with Gasteiger partial charge >= 0.3 is 0 Å². The minimum atomic E-state index is -0.225.